The molecule has 0 aliphatic carbocycles. The second-order valence-corrected chi connectivity index (χ2v) is 4.19. The Morgan fingerprint density at radius 3 is 2.78 bits per heavy atom. The van der Waals surface area contributed by atoms with Gasteiger partial charge in [0, 0.05) is 18.9 Å². The maximum atomic E-state index is 13.2. The largest absolute Gasteiger partial charge is 0.384 e. The molecule has 18 heavy (non-hydrogen) atoms. The monoisotopic (exact) mass is 246 g/mol. The molecule has 2 aromatic rings. The van der Waals surface area contributed by atoms with Crippen LogP contribution in [0.5, 0.6) is 0 Å². The van der Waals surface area contributed by atoms with Crippen molar-refractivity contribution in [2.24, 2.45) is 0 Å². The van der Waals surface area contributed by atoms with Crippen LogP contribution in [0.3, 0.4) is 0 Å². The van der Waals surface area contributed by atoms with Crippen molar-refractivity contribution in [3.05, 3.63) is 47.7 Å². The van der Waals surface area contributed by atoms with E-state index in [-0.39, 0.29) is 5.82 Å². The molecule has 0 fully saturated rings. The summed E-state index contributed by atoms with van der Waals surface area (Å²) in [6.07, 6.45) is 1.63. The number of nitrogens with two attached hydrogens (primary N) is 1. The molecule has 0 amide bonds. The fraction of sp³-hybridized carbons (Fsp3) is 0.231. The Morgan fingerprint density at radius 2 is 2.11 bits per heavy atom. The van der Waals surface area contributed by atoms with E-state index in [1.54, 1.807) is 31.3 Å². The minimum Gasteiger partial charge on any atom is -0.384 e. The number of halogens is 1. The summed E-state index contributed by atoms with van der Waals surface area (Å²) in [5.41, 5.74) is 7.13. The van der Waals surface area contributed by atoms with E-state index in [9.17, 15) is 4.39 Å². The quantitative estimate of drug-likeness (QED) is 0.901. The Kier molecular flexibility index (Phi) is 3.41. The van der Waals surface area contributed by atoms with Gasteiger partial charge >= 0.3 is 0 Å². The molecule has 1 heterocycles. The van der Waals surface area contributed by atoms with Gasteiger partial charge in [-0.25, -0.2) is 14.4 Å². The fourth-order valence-electron chi connectivity index (χ4n) is 1.66. The Bertz CT molecular complexity index is 556. The molecule has 0 saturated carbocycles. The summed E-state index contributed by atoms with van der Waals surface area (Å²) in [5.74, 6) is 0.885. The number of hydrogen-bond acceptors (Lipinski definition) is 4. The van der Waals surface area contributed by atoms with Crippen LogP contribution >= 0.6 is 0 Å². The van der Waals surface area contributed by atoms with Gasteiger partial charge in [0.15, 0.2) is 0 Å². The zero-order chi connectivity index (χ0) is 13.1. The van der Waals surface area contributed by atoms with E-state index in [1.807, 2.05) is 11.9 Å². The third-order valence-corrected chi connectivity index (χ3v) is 2.69. The summed E-state index contributed by atoms with van der Waals surface area (Å²) >= 11 is 0. The highest BCUT2D eigenvalue weighted by molar-refractivity contribution is 5.48. The molecule has 4 nitrogen and oxygen atoms in total. The van der Waals surface area contributed by atoms with Gasteiger partial charge in [-0.15, -0.1) is 0 Å². The summed E-state index contributed by atoms with van der Waals surface area (Å²) in [7, 11) is 1.90. The van der Waals surface area contributed by atoms with Gasteiger partial charge in [0.2, 0.25) is 0 Å². The Hall–Kier alpha value is -2.17. The molecule has 0 saturated heterocycles. The molecule has 1 aromatic heterocycles. The van der Waals surface area contributed by atoms with E-state index in [0.717, 1.165) is 5.69 Å². The summed E-state index contributed by atoms with van der Waals surface area (Å²) in [5, 5.41) is 0. The minimum atomic E-state index is -0.202. The standard InChI is InChI=1S/C13H15FN4/c1-9-7-10(3-4-11(9)14)18(2)8-13-16-6-5-12(15)17-13/h3-7H,8H2,1-2H3,(H2,15,16,17). The van der Waals surface area contributed by atoms with Gasteiger partial charge < -0.3 is 10.6 Å². The smallest absolute Gasteiger partial charge is 0.149 e. The van der Waals surface area contributed by atoms with Gasteiger partial charge in [0.25, 0.3) is 0 Å². The average Bonchev–Trinajstić information content (AvgIpc) is 2.32. The zero-order valence-corrected chi connectivity index (χ0v) is 10.4. The second-order valence-electron chi connectivity index (χ2n) is 4.19. The topological polar surface area (TPSA) is 55.0 Å². The predicted molar refractivity (Wildman–Crippen MR) is 69.7 cm³/mol. The number of nitrogens with zero attached hydrogens (tertiary/aromatic N) is 3. The lowest BCUT2D eigenvalue weighted by Crippen LogP contribution is -2.18. The van der Waals surface area contributed by atoms with E-state index >= 15 is 0 Å². The Balaban J connectivity index is 2.16. The minimum absolute atomic E-state index is 0.202. The van der Waals surface area contributed by atoms with Crippen molar-refractivity contribution in [2.75, 3.05) is 17.7 Å². The molecule has 2 rings (SSSR count). The third kappa shape index (κ3) is 2.74. The van der Waals surface area contributed by atoms with Crippen LogP contribution in [-0.4, -0.2) is 17.0 Å². The first-order valence-electron chi connectivity index (χ1n) is 5.61. The number of rotatable bonds is 3. The van der Waals surface area contributed by atoms with E-state index in [1.165, 1.54) is 6.07 Å². The SMILES string of the molecule is Cc1cc(N(C)Cc2nccc(N)n2)ccc1F. The van der Waals surface area contributed by atoms with Crippen molar-refractivity contribution >= 4 is 11.5 Å². The number of nitrogen functional groups attached to an aromatic ring is 1. The van der Waals surface area contributed by atoms with Crippen molar-refractivity contribution < 1.29 is 4.39 Å². The van der Waals surface area contributed by atoms with E-state index in [0.29, 0.717) is 23.8 Å². The van der Waals surface area contributed by atoms with E-state index in [4.69, 9.17) is 5.73 Å². The highest BCUT2D eigenvalue weighted by Crippen LogP contribution is 2.18. The van der Waals surface area contributed by atoms with Gasteiger partial charge in [-0.2, -0.15) is 0 Å². The molecule has 0 unspecified atom stereocenters. The lowest BCUT2D eigenvalue weighted by molar-refractivity contribution is 0.618. The maximum Gasteiger partial charge on any atom is 0.149 e. The number of benzene rings is 1. The molecule has 0 radical (unpaired) electrons. The zero-order valence-electron chi connectivity index (χ0n) is 10.4. The highest BCUT2D eigenvalue weighted by atomic mass is 19.1. The molecule has 5 heteroatoms. The number of hydrogen-bond donors (Lipinski definition) is 1. The predicted octanol–water partition coefficient (Wildman–Crippen LogP) is 2.14. The summed E-state index contributed by atoms with van der Waals surface area (Å²) in [4.78, 5) is 10.2. The van der Waals surface area contributed by atoms with Crippen LogP contribution in [0.4, 0.5) is 15.9 Å². The van der Waals surface area contributed by atoms with Crippen LogP contribution in [0.25, 0.3) is 0 Å². The lowest BCUT2D eigenvalue weighted by Gasteiger charge is -2.19. The maximum absolute atomic E-state index is 13.2. The van der Waals surface area contributed by atoms with Crippen molar-refractivity contribution in [1.29, 1.82) is 0 Å². The molecule has 0 atom stereocenters. The molecular weight excluding hydrogens is 231 g/mol. The Morgan fingerprint density at radius 1 is 1.33 bits per heavy atom. The molecule has 0 aliphatic rings. The van der Waals surface area contributed by atoms with Gasteiger partial charge in [0.1, 0.15) is 17.5 Å². The second kappa shape index (κ2) is 5.00. The number of anilines is 2. The van der Waals surface area contributed by atoms with E-state index in [2.05, 4.69) is 9.97 Å². The molecule has 1 aromatic carbocycles. The normalized spacial score (nSPS) is 10.4. The molecule has 0 bridgehead atoms. The molecule has 94 valence electrons. The van der Waals surface area contributed by atoms with E-state index < -0.39 is 0 Å². The average molecular weight is 246 g/mol. The van der Waals surface area contributed by atoms with Crippen molar-refractivity contribution in [3.63, 3.8) is 0 Å². The van der Waals surface area contributed by atoms with Crippen LogP contribution in [0.15, 0.2) is 30.5 Å². The summed E-state index contributed by atoms with van der Waals surface area (Å²) in [6.45, 7) is 2.26. The van der Waals surface area contributed by atoms with Gasteiger partial charge in [-0.05, 0) is 36.8 Å². The highest BCUT2D eigenvalue weighted by Gasteiger charge is 2.06. The molecular formula is C13H15FN4. The first-order valence-corrected chi connectivity index (χ1v) is 5.61. The van der Waals surface area contributed by atoms with Crippen molar-refractivity contribution in [2.45, 2.75) is 13.5 Å². The van der Waals surface area contributed by atoms with Crippen LogP contribution in [0, 0.1) is 12.7 Å². The summed E-state index contributed by atoms with van der Waals surface area (Å²) < 4.78 is 13.2. The molecule has 0 aliphatic heterocycles. The number of aromatic nitrogens is 2. The van der Waals surface area contributed by atoms with Gasteiger partial charge in [-0.1, -0.05) is 0 Å². The molecule has 0 spiro atoms. The first kappa shape index (κ1) is 12.3. The van der Waals surface area contributed by atoms with Crippen LogP contribution < -0.4 is 10.6 Å². The summed E-state index contributed by atoms with van der Waals surface area (Å²) in [6, 6.07) is 6.63. The van der Waals surface area contributed by atoms with Crippen LogP contribution in [0.1, 0.15) is 11.4 Å². The lowest BCUT2D eigenvalue weighted by atomic mass is 10.2. The van der Waals surface area contributed by atoms with Crippen LogP contribution in [0.2, 0.25) is 0 Å². The molecule has 2 N–H and O–H groups in total. The van der Waals surface area contributed by atoms with Crippen molar-refractivity contribution in [3.8, 4) is 0 Å². The van der Waals surface area contributed by atoms with Crippen LogP contribution in [-0.2, 0) is 6.54 Å². The number of aryl methyl sites for hydroxylation is 1. The van der Waals surface area contributed by atoms with Gasteiger partial charge in [-0.3, -0.25) is 0 Å². The van der Waals surface area contributed by atoms with Crippen molar-refractivity contribution in [1.82, 2.24) is 9.97 Å². The Labute approximate surface area is 105 Å². The third-order valence-electron chi connectivity index (χ3n) is 2.69. The first-order chi connectivity index (χ1) is 8.56. The van der Waals surface area contributed by atoms with Gasteiger partial charge in [0.05, 0.1) is 6.54 Å². The fourth-order valence-corrected chi connectivity index (χ4v) is 1.66.